The standard InChI is InChI=1S/C22H25N3O2S/c1-2-18-10-12-20(13-11-18)24-22-15-14-21(17-23-22)25-28(26,27)16-6-9-19-7-4-3-5-8-19/h3-5,7-8,10-15,17,25H,2,6,9,16H2,1H3,(H,23,24). The zero-order valence-electron chi connectivity index (χ0n) is 15.9. The van der Waals surface area contributed by atoms with Gasteiger partial charge in [0.05, 0.1) is 17.6 Å². The second kappa shape index (κ2) is 9.37. The van der Waals surface area contributed by atoms with E-state index in [2.05, 4.69) is 34.1 Å². The zero-order valence-corrected chi connectivity index (χ0v) is 16.7. The number of aromatic nitrogens is 1. The maximum Gasteiger partial charge on any atom is 0.232 e. The number of hydrogen-bond acceptors (Lipinski definition) is 4. The molecule has 0 aliphatic rings. The van der Waals surface area contributed by atoms with E-state index in [4.69, 9.17) is 0 Å². The number of benzene rings is 2. The highest BCUT2D eigenvalue weighted by atomic mass is 32.2. The van der Waals surface area contributed by atoms with Crippen LogP contribution in [0.3, 0.4) is 0 Å². The Balaban J connectivity index is 1.52. The summed E-state index contributed by atoms with van der Waals surface area (Å²) < 4.78 is 27.1. The fourth-order valence-electron chi connectivity index (χ4n) is 2.84. The monoisotopic (exact) mass is 395 g/mol. The molecule has 0 bridgehead atoms. The predicted octanol–water partition coefficient (Wildman–Crippen LogP) is 4.76. The lowest BCUT2D eigenvalue weighted by Gasteiger charge is -2.10. The highest BCUT2D eigenvalue weighted by Crippen LogP contribution is 2.18. The Labute approximate surface area is 166 Å². The van der Waals surface area contributed by atoms with E-state index in [0.717, 1.165) is 24.1 Å². The molecule has 0 saturated carbocycles. The summed E-state index contributed by atoms with van der Waals surface area (Å²) in [6.45, 7) is 2.12. The topological polar surface area (TPSA) is 71.1 Å². The molecular formula is C22H25N3O2S. The highest BCUT2D eigenvalue weighted by Gasteiger charge is 2.10. The number of aryl methyl sites for hydroxylation is 2. The van der Waals surface area contributed by atoms with Crippen LogP contribution in [0.25, 0.3) is 0 Å². The van der Waals surface area contributed by atoms with Gasteiger partial charge < -0.3 is 5.32 Å². The molecule has 1 heterocycles. The minimum atomic E-state index is -3.39. The fourth-order valence-corrected chi connectivity index (χ4v) is 3.95. The molecule has 6 heteroatoms. The van der Waals surface area contributed by atoms with Crippen LogP contribution in [0.4, 0.5) is 17.2 Å². The van der Waals surface area contributed by atoms with Crippen molar-refractivity contribution < 1.29 is 8.42 Å². The lowest BCUT2D eigenvalue weighted by molar-refractivity contribution is 0.598. The van der Waals surface area contributed by atoms with Crippen LogP contribution >= 0.6 is 0 Å². The van der Waals surface area contributed by atoms with Crippen LogP contribution in [0.5, 0.6) is 0 Å². The molecule has 0 fully saturated rings. The number of pyridine rings is 1. The molecule has 28 heavy (non-hydrogen) atoms. The number of rotatable bonds is 9. The Bertz CT molecular complexity index is 971. The van der Waals surface area contributed by atoms with E-state index in [1.54, 1.807) is 12.1 Å². The van der Waals surface area contributed by atoms with Crippen LogP contribution in [-0.4, -0.2) is 19.2 Å². The van der Waals surface area contributed by atoms with Gasteiger partial charge in [0.1, 0.15) is 5.82 Å². The Kier molecular flexibility index (Phi) is 6.66. The molecule has 146 valence electrons. The molecule has 3 rings (SSSR count). The minimum Gasteiger partial charge on any atom is -0.340 e. The fraction of sp³-hybridized carbons (Fsp3) is 0.227. The first kappa shape index (κ1) is 19.9. The first-order valence-electron chi connectivity index (χ1n) is 9.40. The number of sulfonamides is 1. The summed E-state index contributed by atoms with van der Waals surface area (Å²) in [6.07, 6.45) is 3.83. The van der Waals surface area contributed by atoms with Crippen LogP contribution in [0, 0.1) is 0 Å². The van der Waals surface area contributed by atoms with Crippen molar-refractivity contribution in [3.63, 3.8) is 0 Å². The van der Waals surface area contributed by atoms with Gasteiger partial charge in [-0.15, -0.1) is 0 Å². The second-order valence-corrected chi connectivity index (χ2v) is 8.46. The third kappa shape index (κ3) is 6.09. The van der Waals surface area contributed by atoms with Crippen molar-refractivity contribution >= 4 is 27.2 Å². The molecule has 0 atom stereocenters. The van der Waals surface area contributed by atoms with Crippen molar-refractivity contribution in [3.05, 3.63) is 84.1 Å². The lowest BCUT2D eigenvalue weighted by atomic mass is 10.1. The van der Waals surface area contributed by atoms with E-state index in [0.29, 0.717) is 17.9 Å². The van der Waals surface area contributed by atoms with Crippen LogP contribution in [-0.2, 0) is 22.9 Å². The van der Waals surface area contributed by atoms with Gasteiger partial charge in [0, 0.05) is 5.69 Å². The molecule has 1 aromatic heterocycles. The molecule has 0 spiro atoms. The quantitative estimate of drug-likeness (QED) is 0.548. The average Bonchev–Trinajstić information content (AvgIpc) is 2.70. The van der Waals surface area contributed by atoms with Gasteiger partial charge in [0.25, 0.3) is 0 Å². The zero-order chi connectivity index (χ0) is 19.8. The number of nitrogens with zero attached hydrogens (tertiary/aromatic N) is 1. The van der Waals surface area contributed by atoms with Gasteiger partial charge in [-0.1, -0.05) is 49.4 Å². The third-order valence-electron chi connectivity index (χ3n) is 4.39. The van der Waals surface area contributed by atoms with Gasteiger partial charge >= 0.3 is 0 Å². The van der Waals surface area contributed by atoms with Gasteiger partial charge in [-0.2, -0.15) is 0 Å². The largest absolute Gasteiger partial charge is 0.340 e. The molecule has 0 unspecified atom stereocenters. The Morgan fingerprint density at radius 2 is 1.57 bits per heavy atom. The summed E-state index contributed by atoms with van der Waals surface area (Å²) in [6, 6.07) is 21.5. The molecule has 0 saturated heterocycles. The average molecular weight is 396 g/mol. The normalized spacial score (nSPS) is 11.2. The number of hydrogen-bond donors (Lipinski definition) is 2. The molecule has 5 nitrogen and oxygen atoms in total. The Hall–Kier alpha value is -2.86. The van der Waals surface area contributed by atoms with Crippen LogP contribution in [0.2, 0.25) is 0 Å². The van der Waals surface area contributed by atoms with Crippen molar-refractivity contribution in [2.45, 2.75) is 26.2 Å². The number of anilines is 3. The SMILES string of the molecule is CCc1ccc(Nc2ccc(NS(=O)(=O)CCCc3ccccc3)cn2)cc1. The molecule has 0 aliphatic heterocycles. The first-order valence-corrected chi connectivity index (χ1v) is 11.1. The van der Waals surface area contributed by atoms with Crippen molar-refractivity contribution in [2.24, 2.45) is 0 Å². The highest BCUT2D eigenvalue weighted by molar-refractivity contribution is 7.92. The van der Waals surface area contributed by atoms with Gasteiger partial charge in [0.15, 0.2) is 0 Å². The second-order valence-electron chi connectivity index (χ2n) is 6.62. The van der Waals surface area contributed by atoms with Crippen LogP contribution < -0.4 is 10.0 Å². The van der Waals surface area contributed by atoms with Crippen LogP contribution in [0.1, 0.15) is 24.5 Å². The van der Waals surface area contributed by atoms with E-state index in [-0.39, 0.29) is 5.75 Å². The summed E-state index contributed by atoms with van der Waals surface area (Å²) in [5.74, 6) is 0.738. The molecule has 2 N–H and O–H groups in total. The molecule has 0 radical (unpaired) electrons. The van der Waals surface area contributed by atoms with Crippen molar-refractivity contribution in [3.8, 4) is 0 Å². The van der Waals surface area contributed by atoms with Crippen molar-refractivity contribution in [1.82, 2.24) is 4.98 Å². The van der Waals surface area contributed by atoms with E-state index in [1.807, 2.05) is 42.5 Å². The van der Waals surface area contributed by atoms with Crippen molar-refractivity contribution in [2.75, 3.05) is 15.8 Å². The van der Waals surface area contributed by atoms with Gasteiger partial charge in [-0.3, -0.25) is 4.72 Å². The molecule has 0 amide bonds. The van der Waals surface area contributed by atoms with Crippen LogP contribution in [0.15, 0.2) is 72.9 Å². The smallest absolute Gasteiger partial charge is 0.232 e. The van der Waals surface area contributed by atoms with Gasteiger partial charge in [0.2, 0.25) is 10.0 Å². The summed E-state index contributed by atoms with van der Waals surface area (Å²) in [7, 11) is -3.39. The van der Waals surface area contributed by atoms with E-state index >= 15 is 0 Å². The molecule has 0 aliphatic carbocycles. The predicted molar refractivity (Wildman–Crippen MR) is 116 cm³/mol. The Morgan fingerprint density at radius 1 is 0.857 bits per heavy atom. The van der Waals surface area contributed by atoms with E-state index in [9.17, 15) is 8.42 Å². The summed E-state index contributed by atoms with van der Waals surface area (Å²) >= 11 is 0. The lowest BCUT2D eigenvalue weighted by Crippen LogP contribution is -2.17. The molecule has 2 aromatic carbocycles. The third-order valence-corrected chi connectivity index (χ3v) is 5.77. The van der Waals surface area contributed by atoms with Crippen molar-refractivity contribution in [1.29, 1.82) is 0 Å². The van der Waals surface area contributed by atoms with E-state index < -0.39 is 10.0 Å². The maximum absolute atomic E-state index is 12.3. The van der Waals surface area contributed by atoms with E-state index in [1.165, 1.54) is 11.8 Å². The number of nitrogens with one attached hydrogen (secondary N) is 2. The molecule has 3 aromatic rings. The summed E-state index contributed by atoms with van der Waals surface area (Å²) in [4.78, 5) is 4.29. The molecular weight excluding hydrogens is 370 g/mol. The summed E-state index contributed by atoms with van der Waals surface area (Å²) in [5, 5.41) is 3.21. The Morgan fingerprint density at radius 3 is 2.21 bits per heavy atom. The first-order chi connectivity index (χ1) is 13.5. The minimum absolute atomic E-state index is 0.0751. The van der Waals surface area contributed by atoms with Gasteiger partial charge in [-0.25, -0.2) is 13.4 Å². The summed E-state index contributed by atoms with van der Waals surface area (Å²) in [5.41, 5.74) is 3.82. The maximum atomic E-state index is 12.3. The van der Waals surface area contributed by atoms with Gasteiger partial charge in [-0.05, 0) is 54.7 Å².